The summed E-state index contributed by atoms with van der Waals surface area (Å²) < 4.78 is 0. The molecule has 0 bridgehead atoms. The fraction of sp³-hybridized carbons (Fsp3) is 0.182. The largest absolute Gasteiger partial charge is 0.383 e. The number of rotatable bonds is 5. The Balaban J connectivity index is 2.34. The highest BCUT2D eigenvalue weighted by Gasteiger charge is 2.20. The molecular weight excluding hydrogens is 306 g/mol. The third kappa shape index (κ3) is 3.39. The number of unbranched alkanes of at least 4 members (excludes halogenated alkanes) is 1. The zero-order chi connectivity index (χ0) is 17.6. The SMILES string of the molecule is CCCCc1c(-c2ccccc2)nc(N)c(C#N)c1-c1ccccc1. The third-order valence-corrected chi connectivity index (χ3v) is 4.33. The van der Waals surface area contributed by atoms with Gasteiger partial charge in [-0.25, -0.2) is 4.98 Å². The normalized spacial score (nSPS) is 10.4. The lowest BCUT2D eigenvalue weighted by Gasteiger charge is -2.18. The maximum Gasteiger partial charge on any atom is 0.142 e. The van der Waals surface area contributed by atoms with Crippen LogP contribution in [-0.4, -0.2) is 4.98 Å². The molecule has 0 fully saturated rings. The van der Waals surface area contributed by atoms with Crippen LogP contribution in [0.2, 0.25) is 0 Å². The van der Waals surface area contributed by atoms with Gasteiger partial charge in [-0.1, -0.05) is 74.0 Å². The van der Waals surface area contributed by atoms with E-state index in [-0.39, 0.29) is 0 Å². The van der Waals surface area contributed by atoms with E-state index in [0.717, 1.165) is 47.2 Å². The number of benzene rings is 2. The first kappa shape index (κ1) is 16.7. The van der Waals surface area contributed by atoms with Crippen molar-refractivity contribution in [2.24, 2.45) is 0 Å². The van der Waals surface area contributed by atoms with Crippen LogP contribution >= 0.6 is 0 Å². The summed E-state index contributed by atoms with van der Waals surface area (Å²) in [7, 11) is 0. The maximum atomic E-state index is 9.70. The molecule has 0 spiro atoms. The molecule has 2 N–H and O–H groups in total. The summed E-state index contributed by atoms with van der Waals surface area (Å²) >= 11 is 0. The van der Waals surface area contributed by atoms with Gasteiger partial charge in [-0.2, -0.15) is 5.26 Å². The number of nitriles is 1. The van der Waals surface area contributed by atoms with E-state index in [1.54, 1.807) is 0 Å². The Morgan fingerprint density at radius 3 is 2.12 bits per heavy atom. The molecule has 0 aliphatic carbocycles. The van der Waals surface area contributed by atoms with Gasteiger partial charge in [0.25, 0.3) is 0 Å². The average Bonchev–Trinajstić information content (AvgIpc) is 2.67. The van der Waals surface area contributed by atoms with Gasteiger partial charge in [-0.3, -0.25) is 0 Å². The predicted octanol–water partition coefficient (Wildman–Crippen LogP) is 5.21. The minimum absolute atomic E-state index is 0.292. The van der Waals surface area contributed by atoms with Crippen LogP contribution in [0.3, 0.4) is 0 Å². The fourth-order valence-electron chi connectivity index (χ4n) is 3.11. The van der Waals surface area contributed by atoms with Gasteiger partial charge in [0.2, 0.25) is 0 Å². The van der Waals surface area contributed by atoms with Crippen LogP contribution in [0.25, 0.3) is 22.4 Å². The van der Waals surface area contributed by atoms with Crippen molar-refractivity contribution in [3.63, 3.8) is 0 Å². The summed E-state index contributed by atoms with van der Waals surface area (Å²) in [5, 5.41) is 9.70. The second-order valence-electron chi connectivity index (χ2n) is 6.02. The molecule has 3 aromatic rings. The Morgan fingerprint density at radius 1 is 0.960 bits per heavy atom. The molecule has 0 radical (unpaired) electrons. The zero-order valence-electron chi connectivity index (χ0n) is 14.4. The van der Waals surface area contributed by atoms with E-state index in [2.05, 4.69) is 18.0 Å². The van der Waals surface area contributed by atoms with Crippen molar-refractivity contribution in [1.29, 1.82) is 5.26 Å². The molecule has 0 saturated carbocycles. The van der Waals surface area contributed by atoms with Crippen LogP contribution in [-0.2, 0) is 6.42 Å². The summed E-state index contributed by atoms with van der Waals surface area (Å²) in [5.74, 6) is 0.292. The Labute approximate surface area is 148 Å². The lowest BCUT2D eigenvalue weighted by atomic mass is 9.89. The second-order valence-corrected chi connectivity index (χ2v) is 6.02. The van der Waals surface area contributed by atoms with Crippen molar-refractivity contribution in [2.75, 3.05) is 5.73 Å². The van der Waals surface area contributed by atoms with Gasteiger partial charge in [-0.05, 0) is 24.0 Å². The minimum Gasteiger partial charge on any atom is -0.383 e. The van der Waals surface area contributed by atoms with Crippen molar-refractivity contribution in [1.82, 2.24) is 4.98 Å². The first-order chi connectivity index (χ1) is 12.3. The topological polar surface area (TPSA) is 62.7 Å². The molecule has 0 aliphatic rings. The van der Waals surface area contributed by atoms with Crippen molar-refractivity contribution in [3.05, 3.63) is 71.8 Å². The van der Waals surface area contributed by atoms with Gasteiger partial charge in [0.15, 0.2) is 0 Å². The smallest absolute Gasteiger partial charge is 0.142 e. The molecule has 3 rings (SSSR count). The van der Waals surface area contributed by atoms with Crippen molar-refractivity contribution in [3.8, 4) is 28.5 Å². The molecular formula is C22H21N3. The molecule has 124 valence electrons. The summed E-state index contributed by atoms with van der Waals surface area (Å²) in [5.41, 5.74) is 11.6. The first-order valence-electron chi connectivity index (χ1n) is 8.59. The number of nitrogens with zero attached hydrogens (tertiary/aromatic N) is 2. The highest BCUT2D eigenvalue weighted by molar-refractivity contribution is 5.84. The Morgan fingerprint density at radius 2 is 1.56 bits per heavy atom. The van der Waals surface area contributed by atoms with Gasteiger partial charge in [0.05, 0.1) is 5.69 Å². The molecule has 0 unspecified atom stereocenters. The number of pyridine rings is 1. The summed E-state index contributed by atoms with van der Waals surface area (Å²) in [6.45, 7) is 2.17. The highest BCUT2D eigenvalue weighted by Crippen LogP contribution is 2.37. The van der Waals surface area contributed by atoms with Gasteiger partial charge in [0.1, 0.15) is 17.5 Å². The van der Waals surface area contributed by atoms with Crippen LogP contribution in [0.1, 0.15) is 30.9 Å². The second kappa shape index (κ2) is 7.63. The lowest BCUT2D eigenvalue weighted by molar-refractivity contribution is 0.794. The van der Waals surface area contributed by atoms with Crippen molar-refractivity contribution in [2.45, 2.75) is 26.2 Å². The van der Waals surface area contributed by atoms with Gasteiger partial charge < -0.3 is 5.73 Å². The standard InChI is InChI=1S/C22H21N3/c1-2-3-14-18-20(16-10-6-4-7-11-16)19(15-23)22(24)25-21(18)17-12-8-5-9-13-17/h4-13H,2-3,14H2,1H3,(H2,24,25). The predicted molar refractivity (Wildman–Crippen MR) is 103 cm³/mol. The number of aromatic nitrogens is 1. The van der Waals surface area contributed by atoms with E-state index < -0.39 is 0 Å². The lowest BCUT2D eigenvalue weighted by Crippen LogP contribution is -2.06. The van der Waals surface area contributed by atoms with Crippen LogP contribution < -0.4 is 5.73 Å². The molecule has 0 amide bonds. The van der Waals surface area contributed by atoms with Crippen LogP contribution in [0, 0.1) is 11.3 Å². The molecule has 1 heterocycles. The average molecular weight is 327 g/mol. The quantitative estimate of drug-likeness (QED) is 0.699. The zero-order valence-corrected chi connectivity index (χ0v) is 14.4. The molecule has 0 aliphatic heterocycles. The van der Waals surface area contributed by atoms with Crippen molar-refractivity contribution < 1.29 is 0 Å². The molecule has 3 heteroatoms. The Kier molecular flexibility index (Phi) is 5.11. The summed E-state index contributed by atoms with van der Waals surface area (Å²) in [6, 6.07) is 22.3. The van der Waals surface area contributed by atoms with Crippen LogP contribution in [0.15, 0.2) is 60.7 Å². The van der Waals surface area contributed by atoms with E-state index in [1.165, 1.54) is 0 Å². The Hall–Kier alpha value is -3.12. The Bertz CT molecular complexity index is 894. The molecule has 0 saturated heterocycles. The van der Waals surface area contributed by atoms with Crippen molar-refractivity contribution >= 4 is 5.82 Å². The fourth-order valence-corrected chi connectivity index (χ4v) is 3.11. The van der Waals surface area contributed by atoms with E-state index in [4.69, 9.17) is 5.73 Å². The van der Waals surface area contributed by atoms with E-state index in [0.29, 0.717) is 11.4 Å². The molecule has 2 aromatic carbocycles. The minimum atomic E-state index is 0.292. The van der Waals surface area contributed by atoms with E-state index in [9.17, 15) is 5.26 Å². The number of hydrogen-bond donors (Lipinski definition) is 1. The van der Waals surface area contributed by atoms with Crippen LogP contribution in [0.4, 0.5) is 5.82 Å². The molecule has 3 nitrogen and oxygen atoms in total. The van der Waals surface area contributed by atoms with Gasteiger partial charge in [-0.15, -0.1) is 0 Å². The van der Waals surface area contributed by atoms with Gasteiger partial charge >= 0.3 is 0 Å². The van der Waals surface area contributed by atoms with E-state index >= 15 is 0 Å². The third-order valence-electron chi connectivity index (χ3n) is 4.33. The number of nitrogen functional groups attached to an aromatic ring is 1. The summed E-state index contributed by atoms with van der Waals surface area (Å²) in [4.78, 5) is 4.61. The monoisotopic (exact) mass is 327 g/mol. The molecule has 1 aromatic heterocycles. The summed E-state index contributed by atoms with van der Waals surface area (Å²) in [6.07, 6.45) is 2.98. The number of nitrogens with two attached hydrogens (primary N) is 1. The number of anilines is 1. The van der Waals surface area contributed by atoms with E-state index in [1.807, 2.05) is 60.7 Å². The molecule has 0 atom stereocenters. The number of hydrogen-bond acceptors (Lipinski definition) is 3. The maximum absolute atomic E-state index is 9.70. The van der Waals surface area contributed by atoms with Gasteiger partial charge in [0, 0.05) is 11.1 Å². The van der Waals surface area contributed by atoms with Crippen LogP contribution in [0.5, 0.6) is 0 Å². The highest BCUT2D eigenvalue weighted by atomic mass is 14.9. The first-order valence-corrected chi connectivity index (χ1v) is 8.59. The molecule has 25 heavy (non-hydrogen) atoms.